The molecule has 1 nitrogen and oxygen atoms in total. The van der Waals surface area contributed by atoms with Gasteiger partial charge in [0.25, 0.3) is 0 Å². The molecule has 2 atom stereocenters. The van der Waals surface area contributed by atoms with Gasteiger partial charge in [-0.2, -0.15) is 0 Å². The lowest BCUT2D eigenvalue weighted by atomic mass is 10.0. The SMILES string of the molecule is C=CCC(N)CCC(Cl)CCCCCCCC. The molecule has 0 aliphatic rings. The van der Waals surface area contributed by atoms with E-state index in [-0.39, 0.29) is 6.04 Å². The number of unbranched alkanes of at least 4 members (excludes halogenated alkanes) is 5. The molecule has 0 aromatic heterocycles. The smallest absolute Gasteiger partial charge is 0.0336 e. The van der Waals surface area contributed by atoms with Crippen LogP contribution in [-0.2, 0) is 0 Å². The first kappa shape index (κ1) is 17.0. The molecule has 0 rings (SSSR count). The highest BCUT2D eigenvalue weighted by molar-refractivity contribution is 6.20. The second-order valence-corrected chi connectivity index (χ2v) is 5.63. The fourth-order valence-corrected chi connectivity index (χ4v) is 2.30. The maximum Gasteiger partial charge on any atom is 0.0336 e. The van der Waals surface area contributed by atoms with E-state index in [1.54, 1.807) is 0 Å². The van der Waals surface area contributed by atoms with Gasteiger partial charge in [0.2, 0.25) is 0 Å². The summed E-state index contributed by atoms with van der Waals surface area (Å²) in [6.45, 7) is 5.95. The van der Waals surface area contributed by atoms with Gasteiger partial charge in [-0.1, -0.05) is 51.5 Å². The first-order chi connectivity index (χ1) is 8.20. The van der Waals surface area contributed by atoms with E-state index in [1.165, 1.54) is 38.5 Å². The highest BCUT2D eigenvalue weighted by atomic mass is 35.5. The third-order valence-electron chi connectivity index (χ3n) is 3.19. The molecule has 17 heavy (non-hydrogen) atoms. The van der Waals surface area contributed by atoms with Crippen LogP contribution in [0.15, 0.2) is 12.7 Å². The molecule has 0 amide bonds. The van der Waals surface area contributed by atoms with Crippen molar-refractivity contribution in [2.24, 2.45) is 5.73 Å². The van der Waals surface area contributed by atoms with Gasteiger partial charge in [-0.15, -0.1) is 18.2 Å². The lowest BCUT2D eigenvalue weighted by molar-refractivity contribution is 0.530. The quantitative estimate of drug-likeness (QED) is 0.297. The molecule has 2 heteroatoms. The molecule has 0 aromatic rings. The van der Waals surface area contributed by atoms with E-state index >= 15 is 0 Å². The Hall–Kier alpha value is -0.0100. The topological polar surface area (TPSA) is 26.0 Å². The van der Waals surface area contributed by atoms with E-state index in [1.807, 2.05) is 6.08 Å². The zero-order chi connectivity index (χ0) is 12.9. The van der Waals surface area contributed by atoms with Crippen molar-refractivity contribution in [2.75, 3.05) is 0 Å². The Morgan fingerprint density at radius 1 is 1.06 bits per heavy atom. The van der Waals surface area contributed by atoms with Crippen molar-refractivity contribution in [1.82, 2.24) is 0 Å². The Balaban J connectivity index is 3.28. The molecule has 2 unspecified atom stereocenters. The largest absolute Gasteiger partial charge is 0.327 e. The number of hydrogen-bond acceptors (Lipinski definition) is 1. The molecule has 102 valence electrons. The van der Waals surface area contributed by atoms with Gasteiger partial charge in [-0.3, -0.25) is 0 Å². The van der Waals surface area contributed by atoms with Crippen LogP contribution in [0.5, 0.6) is 0 Å². The van der Waals surface area contributed by atoms with Gasteiger partial charge in [-0.05, 0) is 25.7 Å². The van der Waals surface area contributed by atoms with Crippen molar-refractivity contribution in [1.29, 1.82) is 0 Å². The fourth-order valence-electron chi connectivity index (χ4n) is 2.02. The van der Waals surface area contributed by atoms with Gasteiger partial charge in [0, 0.05) is 11.4 Å². The standard InChI is InChI=1S/C15H30ClN/c1-3-5-6-7-8-9-11-14(16)12-13-15(17)10-4-2/h4,14-15H,2-3,5-13,17H2,1H3. The van der Waals surface area contributed by atoms with Crippen LogP contribution in [0, 0.1) is 0 Å². The highest BCUT2D eigenvalue weighted by Crippen LogP contribution is 2.17. The Kier molecular flexibility index (Phi) is 12.4. The van der Waals surface area contributed by atoms with Crippen molar-refractivity contribution in [3.8, 4) is 0 Å². The highest BCUT2D eigenvalue weighted by Gasteiger charge is 2.07. The predicted octanol–water partition coefficient (Wildman–Crippen LogP) is 5.03. The van der Waals surface area contributed by atoms with Crippen LogP contribution < -0.4 is 5.73 Å². The van der Waals surface area contributed by atoms with Crippen molar-refractivity contribution in [3.63, 3.8) is 0 Å². The first-order valence-electron chi connectivity index (χ1n) is 7.21. The minimum absolute atomic E-state index is 0.248. The molecule has 0 saturated heterocycles. The maximum absolute atomic E-state index is 6.28. The van der Waals surface area contributed by atoms with Gasteiger partial charge in [0.1, 0.15) is 0 Å². The summed E-state index contributed by atoms with van der Waals surface area (Å²) in [5, 5.41) is 0.317. The summed E-state index contributed by atoms with van der Waals surface area (Å²) >= 11 is 6.28. The number of halogens is 1. The van der Waals surface area contributed by atoms with Crippen molar-refractivity contribution in [3.05, 3.63) is 12.7 Å². The third kappa shape index (κ3) is 12.2. The molecule has 0 heterocycles. The number of rotatable bonds is 12. The zero-order valence-corrected chi connectivity index (χ0v) is 12.2. The lowest BCUT2D eigenvalue weighted by Crippen LogP contribution is -2.20. The summed E-state index contributed by atoms with van der Waals surface area (Å²) < 4.78 is 0. The van der Waals surface area contributed by atoms with E-state index < -0.39 is 0 Å². The minimum atomic E-state index is 0.248. The average molecular weight is 260 g/mol. The lowest BCUT2D eigenvalue weighted by Gasteiger charge is -2.12. The van der Waals surface area contributed by atoms with Crippen molar-refractivity contribution < 1.29 is 0 Å². The van der Waals surface area contributed by atoms with Crippen LogP contribution in [0.1, 0.15) is 71.1 Å². The van der Waals surface area contributed by atoms with Gasteiger partial charge in [0.15, 0.2) is 0 Å². The zero-order valence-electron chi connectivity index (χ0n) is 11.5. The van der Waals surface area contributed by atoms with Crippen LogP contribution in [0.25, 0.3) is 0 Å². The second-order valence-electron chi connectivity index (χ2n) is 5.02. The molecular formula is C15H30ClN. The molecule has 0 bridgehead atoms. The number of alkyl halides is 1. The van der Waals surface area contributed by atoms with Gasteiger partial charge in [-0.25, -0.2) is 0 Å². The monoisotopic (exact) mass is 259 g/mol. The van der Waals surface area contributed by atoms with Gasteiger partial charge >= 0.3 is 0 Å². The summed E-state index contributed by atoms with van der Waals surface area (Å²) in [6, 6.07) is 0.248. The van der Waals surface area contributed by atoms with E-state index in [0.29, 0.717) is 5.38 Å². The Morgan fingerprint density at radius 3 is 2.35 bits per heavy atom. The predicted molar refractivity (Wildman–Crippen MR) is 79.7 cm³/mol. The maximum atomic E-state index is 6.28. The van der Waals surface area contributed by atoms with Gasteiger partial charge < -0.3 is 5.73 Å². The molecule has 0 aliphatic heterocycles. The second kappa shape index (κ2) is 12.4. The molecule has 0 aliphatic carbocycles. The van der Waals surface area contributed by atoms with E-state index in [0.717, 1.165) is 25.7 Å². The van der Waals surface area contributed by atoms with E-state index in [9.17, 15) is 0 Å². The molecule has 2 N–H and O–H groups in total. The normalized spacial score (nSPS) is 14.5. The Labute approximate surface area is 113 Å². The van der Waals surface area contributed by atoms with Crippen LogP contribution in [-0.4, -0.2) is 11.4 Å². The molecule has 0 aromatic carbocycles. The molecule has 0 radical (unpaired) electrons. The molecular weight excluding hydrogens is 230 g/mol. The molecule has 0 fully saturated rings. The van der Waals surface area contributed by atoms with Crippen LogP contribution in [0.2, 0.25) is 0 Å². The molecule has 0 spiro atoms. The summed E-state index contributed by atoms with van der Waals surface area (Å²) in [6.07, 6.45) is 14.1. The van der Waals surface area contributed by atoms with E-state index in [4.69, 9.17) is 17.3 Å². The van der Waals surface area contributed by atoms with Crippen LogP contribution in [0.3, 0.4) is 0 Å². The van der Waals surface area contributed by atoms with Crippen LogP contribution >= 0.6 is 11.6 Å². The first-order valence-corrected chi connectivity index (χ1v) is 7.64. The summed E-state index contributed by atoms with van der Waals surface area (Å²) in [7, 11) is 0. The van der Waals surface area contributed by atoms with Crippen molar-refractivity contribution >= 4 is 11.6 Å². The summed E-state index contributed by atoms with van der Waals surface area (Å²) in [4.78, 5) is 0. The van der Waals surface area contributed by atoms with E-state index in [2.05, 4.69) is 13.5 Å². The number of nitrogens with two attached hydrogens (primary N) is 1. The average Bonchev–Trinajstić information content (AvgIpc) is 2.31. The molecule has 0 saturated carbocycles. The van der Waals surface area contributed by atoms with Crippen LogP contribution in [0.4, 0.5) is 0 Å². The third-order valence-corrected chi connectivity index (χ3v) is 3.63. The Bertz CT molecular complexity index is 170. The minimum Gasteiger partial charge on any atom is -0.327 e. The fraction of sp³-hybridized carbons (Fsp3) is 0.867. The summed E-state index contributed by atoms with van der Waals surface area (Å²) in [5.41, 5.74) is 5.91. The van der Waals surface area contributed by atoms with Crippen molar-refractivity contribution in [2.45, 2.75) is 82.6 Å². The summed E-state index contributed by atoms with van der Waals surface area (Å²) in [5.74, 6) is 0. The Morgan fingerprint density at radius 2 is 1.71 bits per heavy atom. The number of hydrogen-bond donors (Lipinski definition) is 1. The van der Waals surface area contributed by atoms with Gasteiger partial charge in [0.05, 0.1) is 0 Å².